The number of carbonyl (C=O) groups excluding carboxylic acids is 2. The molecule has 0 saturated heterocycles. The normalized spacial score (nSPS) is 10.0. The van der Waals surface area contributed by atoms with Crippen molar-refractivity contribution in [2.75, 3.05) is 13.7 Å². The van der Waals surface area contributed by atoms with E-state index in [1.54, 1.807) is 0 Å². The molecular weight excluding hydrogens is 362 g/mol. The van der Waals surface area contributed by atoms with Crippen LogP contribution in [-0.4, -0.2) is 30.6 Å². The SMILES string of the molecule is CCOC(=O)c1[nH]c(C)c(CC)c1C.COC(=O)c1scc(C)c1Cl. The molecular formula is C18H24ClNO4S. The Morgan fingerprint density at radius 3 is 2.24 bits per heavy atom. The zero-order valence-corrected chi connectivity index (χ0v) is 17.0. The Morgan fingerprint density at radius 2 is 1.84 bits per heavy atom. The highest BCUT2D eigenvalue weighted by molar-refractivity contribution is 7.12. The zero-order chi connectivity index (χ0) is 19.1. The van der Waals surface area contributed by atoms with Crippen molar-refractivity contribution in [1.29, 1.82) is 0 Å². The fourth-order valence-corrected chi connectivity index (χ4v) is 3.57. The van der Waals surface area contributed by atoms with Gasteiger partial charge >= 0.3 is 11.9 Å². The van der Waals surface area contributed by atoms with E-state index in [1.807, 2.05) is 33.1 Å². The summed E-state index contributed by atoms with van der Waals surface area (Å²) in [6.07, 6.45) is 0.938. The van der Waals surface area contributed by atoms with Crippen molar-refractivity contribution in [3.63, 3.8) is 0 Å². The van der Waals surface area contributed by atoms with Crippen LogP contribution in [0.1, 0.15) is 56.4 Å². The van der Waals surface area contributed by atoms with Gasteiger partial charge in [0.15, 0.2) is 0 Å². The van der Waals surface area contributed by atoms with E-state index in [0.29, 0.717) is 22.2 Å². The monoisotopic (exact) mass is 385 g/mol. The van der Waals surface area contributed by atoms with E-state index in [4.69, 9.17) is 16.3 Å². The number of aromatic nitrogens is 1. The van der Waals surface area contributed by atoms with E-state index in [0.717, 1.165) is 23.2 Å². The van der Waals surface area contributed by atoms with Gasteiger partial charge in [0.2, 0.25) is 0 Å². The maximum atomic E-state index is 11.5. The Kier molecular flexibility index (Phi) is 8.19. The van der Waals surface area contributed by atoms with Crippen molar-refractivity contribution < 1.29 is 19.1 Å². The summed E-state index contributed by atoms with van der Waals surface area (Å²) in [6, 6.07) is 0. The predicted octanol–water partition coefficient (Wildman–Crippen LogP) is 4.87. The summed E-state index contributed by atoms with van der Waals surface area (Å²) in [6.45, 7) is 10.1. The summed E-state index contributed by atoms with van der Waals surface area (Å²) in [5.74, 6) is -0.624. The van der Waals surface area contributed by atoms with E-state index >= 15 is 0 Å². The van der Waals surface area contributed by atoms with Crippen LogP contribution in [0.2, 0.25) is 5.02 Å². The Morgan fingerprint density at radius 1 is 1.20 bits per heavy atom. The molecule has 2 heterocycles. The molecule has 2 aromatic rings. The summed E-state index contributed by atoms with van der Waals surface area (Å²) in [7, 11) is 1.34. The fraction of sp³-hybridized carbons (Fsp3) is 0.444. The third kappa shape index (κ3) is 5.09. The third-order valence-electron chi connectivity index (χ3n) is 3.70. The van der Waals surface area contributed by atoms with E-state index in [1.165, 1.54) is 24.0 Å². The lowest BCUT2D eigenvalue weighted by atomic mass is 10.1. The number of hydrogen-bond donors (Lipinski definition) is 1. The minimum absolute atomic E-state index is 0.257. The van der Waals surface area contributed by atoms with Crippen molar-refractivity contribution in [3.8, 4) is 0 Å². The summed E-state index contributed by atoms with van der Waals surface area (Å²) < 4.78 is 9.47. The Bertz CT molecular complexity index is 749. The van der Waals surface area contributed by atoms with Gasteiger partial charge in [-0.25, -0.2) is 9.59 Å². The first-order valence-corrected chi connectivity index (χ1v) is 9.21. The van der Waals surface area contributed by atoms with Gasteiger partial charge in [-0.3, -0.25) is 0 Å². The molecule has 1 N–H and O–H groups in total. The van der Waals surface area contributed by atoms with Gasteiger partial charge in [-0.2, -0.15) is 0 Å². The molecule has 0 bridgehead atoms. The lowest BCUT2D eigenvalue weighted by Gasteiger charge is -2.00. The van der Waals surface area contributed by atoms with Crippen LogP contribution in [0.15, 0.2) is 5.38 Å². The zero-order valence-electron chi connectivity index (χ0n) is 15.4. The number of hydrogen-bond acceptors (Lipinski definition) is 5. The van der Waals surface area contributed by atoms with Crippen molar-refractivity contribution in [2.24, 2.45) is 0 Å². The average molecular weight is 386 g/mol. The summed E-state index contributed by atoms with van der Waals surface area (Å²) >= 11 is 7.09. The first-order chi connectivity index (χ1) is 11.8. The van der Waals surface area contributed by atoms with Crippen molar-refractivity contribution in [2.45, 2.75) is 41.0 Å². The Labute approximate surface area is 157 Å². The summed E-state index contributed by atoms with van der Waals surface area (Å²) in [5.41, 5.74) is 4.81. The van der Waals surface area contributed by atoms with E-state index in [9.17, 15) is 9.59 Å². The molecule has 0 fully saturated rings. The molecule has 0 aliphatic rings. The first-order valence-electron chi connectivity index (χ1n) is 7.95. The van der Waals surface area contributed by atoms with Crippen LogP contribution in [0, 0.1) is 20.8 Å². The van der Waals surface area contributed by atoms with Crippen LogP contribution in [0.4, 0.5) is 0 Å². The fourth-order valence-electron chi connectivity index (χ4n) is 2.39. The molecule has 7 heteroatoms. The molecule has 2 rings (SSSR count). The van der Waals surface area contributed by atoms with Crippen LogP contribution < -0.4 is 0 Å². The number of thiophene rings is 1. The molecule has 0 aromatic carbocycles. The topological polar surface area (TPSA) is 68.4 Å². The quantitative estimate of drug-likeness (QED) is 0.762. The second kappa shape index (κ2) is 9.63. The van der Waals surface area contributed by atoms with Gasteiger partial charge in [0.05, 0.1) is 18.7 Å². The average Bonchev–Trinajstić information content (AvgIpc) is 3.07. The lowest BCUT2D eigenvalue weighted by molar-refractivity contribution is 0.0518. The van der Waals surface area contributed by atoms with Gasteiger partial charge in [0.25, 0.3) is 0 Å². The second-order valence-electron chi connectivity index (χ2n) is 5.36. The molecule has 2 aromatic heterocycles. The molecule has 0 unspecified atom stereocenters. The maximum absolute atomic E-state index is 11.5. The van der Waals surface area contributed by atoms with Crippen LogP contribution in [-0.2, 0) is 15.9 Å². The van der Waals surface area contributed by atoms with Gasteiger partial charge in [0.1, 0.15) is 10.6 Å². The Balaban J connectivity index is 0.000000257. The number of halogens is 1. The van der Waals surface area contributed by atoms with Gasteiger partial charge in [-0.15, -0.1) is 11.3 Å². The van der Waals surface area contributed by atoms with Gasteiger partial charge in [0, 0.05) is 5.69 Å². The predicted molar refractivity (Wildman–Crippen MR) is 101 cm³/mol. The number of esters is 2. The van der Waals surface area contributed by atoms with E-state index in [2.05, 4.69) is 16.6 Å². The number of rotatable bonds is 4. The molecule has 138 valence electrons. The second-order valence-corrected chi connectivity index (χ2v) is 6.61. The number of methoxy groups -OCH3 is 1. The highest BCUT2D eigenvalue weighted by Crippen LogP contribution is 2.27. The van der Waals surface area contributed by atoms with Crippen LogP contribution in [0.3, 0.4) is 0 Å². The number of carbonyl (C=O) groups is 2. The van der Waals surface area contributed by atoms with Gasteiger partial charge in [-0.1, -0.05) is 18.5 Å². The van der Waals surface area contributed by atoms with Crippen molar-refractivity contribution in [1.82, 2.24) is 4.98 Å². The van der Waals surface area contributed by atoms with E-state index < -0.39 is 0 Å². The van der Waals surface area contributed by atoms with Crippen LogP contribution >= 0.6 is 22.9 Å². The number of aryl methyl sites for hydroxylation is 2. The van der Waals surface area contributed by atoms with Gasteiger partial charge in [-0.05, 0) is 56.2 Å². The highest BCUT2D eigenvalue weighted by atomic mass is 35.5. The number of aromatic amines is 1. The molecule has 0 radical (unpaired) electrons. The third-order valence-corrected chi connectivity index (χ3v) is 5.37. The minimum Gasteiger partial charge on any atom is -0.465 e. The lowest BCUT2D eigenvalue weighted by Crippen LogP contribution is -2.06. The standard InChI is InChI=1S/C11H17NO2.C7H7ClO2S/c1-5-9-7(3)10(12-8(9)4)11(13)14-6-2;1-4-3-11-6(5(4)8)7(9)10-2/h12H,5-6H2,1-4H3;3H,1-2H3. The highest BCUT2D eigenvalue weighted by Gasteiger charge is 2.16. The summed E-state index contributed by atoms with van der Waals surface area (Å²) in [4.78, 5) is 26.0. The summed E-state index contributed by atoms with van der Waals surface area (Å²) in [5, 5.41) is 2.33. The molecule has 25 heavy (non-hydrogen) atoms. The van der Waals surface area contributed by atoms with Crippen molar-refractivity contribution >= 4 is 34.9 Å². The molecule has 0 aliphatic heterocycles. The van der Waals surface area contributed by atoms with Crippen molar-refractivity contribution in [3.05, 3.63) is 43.4 Å². The first kappa shape index (κ1) is 21.3. The Hall–Kier alpha value is -1.79. The van der Waals surface area contributed by atoms with Gasteiger partial charge < -0.3 is 14.5 Å². The molecule has 0 saturated carbocycles. The number of nitrogens with one attached hydrogen (secondary N) is 1. The molecule has 0 spiro atoms. The maximum Gasteiger partial charge on any atom is 0.355 e. The largest absolute Gasteiger partial charge is 0.465 e. The molecule has 0 atom stereocenters. The molecule has 0 aliphatic carbocycles. The van der Waals surface area contributed by atoms with Crippen LogP contribution in [0.25, 0.3) is 0 Å². The number of H-pyrrole nitrogens is 1. The minimum atomic E-state index is -0.367. The smallest absolute Gasteiger partial charge is 0.355 e. The number of ether oxygens (including phenoxy) is 2. The molecule has 0 amide bonds. The molecule has 5 nitrogen and oxygen atoms in total. The van der Waals surface area contributed by atoms with E-state index in [-0.39, 0.29) is 11.9 Å². The van der Waals surface area contributed by atoms with Crippen LogP contribution in [0.5, 0.6) is 0 Å².